The van der Waals surface area contributed by atoms with Crippen molar-refractivity contribution in [1.82, 2.24) is 4.98 Å². The molecule has 2 aromatic rings. The van der Waals surface area contributed by atoms with Gasteiger partial charge in [0.2, 0.25) is 0 Å². The van der Waals surface area contributed by atoms with Crippen molar-refractivity contribution in [1.29, 1.82) is 0 Å². The number of hydrogen-bond acceptors (Lipinski definition) is 3. The first-order valence-corrected chi connectivity index (χ1v) is 6.84. The zero-order valence-electron chi connectivity index (χ0n) is 10.6. The summed E-state index contributed by atoms with van der Waals surface area (Å²) < 4.78 is 13.2. The first-order chi connectivity index (χ1) is 8.60. The van der Waals surface area contributed by atoms with E-state index in [1.54, 1.807) is 17.4 Å². The minimum atomic E-state index is -0.225. The molecule has 0 aliphatic heterocycles. The van der Waals surface area contributed by atoms with Crippen LogP contribution in [0.1, 0.15) is 17.5 Å². The van der Waals surface area contributed by atoms with Gasteiger partial charge in [-0.15, -0.1) is 11.3 Å². The normalized spacial score (nSPS) is 12.7. The molecule has 0 radical (unpaired) electrons. The molecule has 2 N–H and O–H groups in total. The first kappa shape index (κ1) is 13.2. The Morgan fingerprint density at radius 2 is 2.22 bits per heavy atom. The number of rotatable bonds is 4. The van der Waals surface area contributed by atoms with Crippen molar-refractivity contribution < 1.29 is 4.39 Å². The van der Waals surface area contributed by atoms with Crippen LogP contribution >= 0.6 is 11.3 Å². The fourth-order valence-electron chi connectivity index (χ4n) is 1.76. The van der Waals surface area contributed by atoms with Crippen LogP contribution in [0.2, 0.25) is 0 Å². The van der Waals surface area contributed by atoms with Gasteiger partial charge in [-0.1, -0.05) is 19.1 Å². The second-order valence-corrected chi connectivity index (χ2v) is 5.67. The van der Waals surface area contributed by atoms with E-state index in [1.807, 2.05) is 13.0 Å². The molecule has 4 heteroatoms. The predicted molar refractivity (Wildman–Crippen MR) is 74.2 cm³/mol. The van der Waals surface area contributed by atoms with Gasteiger partial charge < -0.3 is 5.73 Å². The largest absolute Gasteiger partial charge is 0.330 e. The molecular weight excluding hydrogens is 247 g/mol. The van der Waals surface area contributed by atoms with Crippen LogP contribution in [0.3, 0.4) is 0 Å². The minimum absolute atomic E-state index is 0.225. The lowest BCUT2D eigenvalue weighted by Gasteiger charge is -2.05. The predicted octanol–water partition coefficient (Wildman–Crippen LogP) is 3.39. The van der Waals surface area contributed by atoms with Gasteiger partial charge in [-0.25, -0.2) is 9.37 Å². The van der Waals surface area contributed by atoms with Crippen LogP contribution in [0.15, 0.2) is 24.3 Å². The van der Waals surface area contributed by atoms with Crippen molar-refractivity contribution in [2.45, 2.75) is 20.3 Å². The maximum absolute atomic E-state index is 13.2. The van der Waals surface area contributed by atoms with Gasteiger partial charge in [0.25, 0.3) is 0 Å². The van der Waals surface area contributed by atoms with Gasteiger partial charge in [-0.3, -0.25) is 0 Å². The number of benzene rings is 1. The number of aromatic nitrogens is 1. The molecule has 0 bridgehead atoms. The summed E-state index contributed by atoms with van der Waals surface area (Å²) in [4.78, 5) is 5.76. The second kappa shape index (κ2) is 5.59. The Morgan fingerprint density at radius 3 is 2.89 bits per heavy atom. The SMILES string of the molecule is Cc1nc(-c2cccc(F)c2)sc1CC(C)CN. The molecule has 0 saturated heterocycles. The molecule has 2 nitrogen and oxygen atoms in total. The lowest BCUT2D eigenvalue weighted by atomic mass is 10.1. The smallest absolute Gasteiger partial charge is 0.123 e. The highest BCUT2D eigenvalue weighted by atomic mass is 32.1. The molecule has 0 fully saturated rings. The van der Waals surface area contributed by atoms with E-state index in [1.165, 1.54) is 17.0 Å². The zero-order chi connectivity index (χ0) is 13.1. The molecular formula is C14H17FN2S. The highest BCUT2D eigenvalue weighted by molar-refractivity contribution is 7.15. The highest BCUT2D eigenvalue weighted by Crippen LogP contribution is 2.29. The quantitative estimate of drug-likeness (QED) is 0.919. The molecule has 1 atom stereocenters. The Hall–Kier alpha value is -1.26. The summed E-state index contributed by atoms with van der Waals surface area (Å²) in [6.45, 7) is 4.80. The van der Waals surface area contributed by atoms with Crippen LogP contribution in [0.5, 0.6) is 0 Å². The molecule has 1 heterocycles. The van der Waals surface area contributed by atoms with Crippen molar-refractivity contribution in [3.63, 3.8) is 0 Å². The van der Waals surface area contributed by atoms with Gasteiger partial charge >= 0.3 is 0 Å². The van der Waals surface area contributed by atoms with Crippen LogP contribution in [0, 0.1) is 18.7 Å². The standard InChI is InChI=1S/C14H17FN2S/c1-9(8-16)6-13-10(2)17-14(18-13)11-4-3-5-12(15)7-11/h3-5,7,9H,6,8,16H2,1-2H3. The van der Waals surface area contributed by atoms with Crippen molar-refractivity contribution in [2.75, 3.05) is 6.54 Å². The molecule has 1 aromatic carbocycles. The number of thiazole rings is 1. The molecule has 0 aliphatic carbocycles. The Bertz CT molecular complexity index is 536. The van der Waals surface area contributed by atoms with E-state index in [2.05, 4.69) is 11.9 Å². The van der Waals surface area contributed by atoms with E-state index in [0.717, 1.165) is 22.7 Å². The van der Waals surface area contributed by atoms with E-state index < -0.39 is 0 Å². The van der Waals surface area contributed by atoms with Crippen LogP contribution in [-0.4, -0.2) is 11.5 Å². The summed E-state index contributed by atoms with van der Waals surface area (Å²) in [6.07, 6.45) is 0.940. The summed E-state index contributed by atoms with van der Waals surface area (Å²) >= 11 is 1.63. The fourth-order valence-corrected chi connectivity index (χ4v) is 2.98. The summed E-state index contributed by atoms with van der Waals surface area (Å²) in [5.74, 6) is 0.224. The molecule has 0 saturated carbocycles. The average molecular weight is 264 g/mol. The van der Waals surface area contributed by atoms with Crippen LogP contribution in [0.4, 0.5) is 4.39 Å². The Kier molecular flexibility index (Phi) is 4.09. The maximum Gasteiger partial charge on any atom is 0.123 e. The first-order valence-electron chi connectivity index (χ1n) is 6.02. The molecule has 0 aliphatic rings. The maximum atomic E-state index is 13.2. The lowest BCUT2D eigenvalue weighted by Crippen LogP contribution is -2.12. The molecule has 0 spiro atoms. The molecule has 0 amide bonds. The van der Waals surface area contributed by atoms with Crippen LogP contribution in [0.25, 0.3) is 10.6 Å². The number of nitrogens with two attached hydrogens (primary N) is 1. The van der Waals surface area contributed by atoms with E-state index in [9.17, 15) is 4.39 Å². The van der Waals surface area contributed by atoms with Crippen molar-refractivity contribution >= 4 is 11.3 Å². The number of halogens is 1. The van der Waals surface area contributed by atoms with E-state index in [-0.39, 0.29) is 5.82 Å². The van der Waals surface area contributed by atoms with E-state index in [0.29, 0.717) is 12.5 Å². The number of nitrogens with zero attached hydrogens (tertiary/aromatic N) is 1. The summed E-state index contributed by atoms with van der Waals surface area (Å²) in [7, 11) is 0. The Morgan fingerprint density at radius 1 is 1.44 bits per heavy atom. The Labute approximate surface area is 111 Å². The van der Waals surface area contributed by atoms with Gasteiger partial charge in [0, 0.05) is 10.4 Å². The van der Waals surface area contributed by atoms with Crippen molar-refractivity contribution in [3.05, 3.63) is 40.7 Å². The van der Waals surface area contributed by atoms with Crippen LogP contribution < -0.4 is 5.73 Å². The Balaban J connectivity index is 2.28. The molecule has 96 valence electrons. The molecule has 18 heavy (non-hydrogen) atoms. The van der Waals surface area contributed by atoms with Gasteiger partial charge in [0.1, 0.15) is 10.8 Å². The average Bonchev–Trinajstić information content (AvgIpc) is 2.71. The second-order valence-electron chi connectivity index (χ2n) is 4.58. The highest BCUT2D eigenvalue weighted by Gasteiger charge is 2.12. The van der Waals surface area contributed by atoms with Crippen molar-refractivity contribution in [2.24, 2.45) is 11.7 Å². The molecule has 1 aromatic heterocycles. The lowest BCUT2D eigenvalue weighted by molar-refractivity contribution is 0.596. The molecule has 1 unspecified atom stereocenters. The van der Waals surface area contributed by atoms with Gasteiger partial charge in [0.15, 0.2) is 0 Å². The fraction of sp³-hybridized carbons (Fsp3) is 0.357. The number of hydrogen-bond donors (Lipinski definition) is 1. The third-order valence-corrected chi connectivity index (χ3v) is 4.13. The monoisotopic (exact) mass is 264 g/mol. The molecule has 2 rings (SSSR count). The van der Waals surface area contributed by atoms with Gasteiger partial charge in [0.05, 0.1) is 5.69 Å². The van der Waals surface area contributed by atoms with Gasteiger partial charge in [-0.05, 0) is 37.9 Å². The van der Waals surface area contributed by atoms with E-state index >= 15 is 0 Å². The summed E-state index contributed by atoms with van der Waals surface area (Å²) in [6, 6.07) is 6.57. The van der Waals surface area contributed by atoms with Gasteiger partial charge in [-0.2, -0.15) is 0 Å². The summed E-state index contributed by atoms with van der Waals surface area (Å²) in [5.41, 5.74) is 7.51. The zero-order valence-corrected chi connectivity index (χ0v) is 11.4. The van der Waals surface area contributed by atoms with E-state index in [4.69, 9.17) is 5.73 Å². The van der Waals surface area contributed by atoms with Crippen LogP contribution in [-0.2, 0) is 6.42 Å². The number of aryl methyl sites for hydroxylation is 1. The summed E-state index contributed by atoms with van der Waals surface area (Å²) in [5, 5.41) is 0.881. The minimum Gasteiger partial charge on any atom is -0.330 e. The third kappa shape index (κ3) is 2.94. The van der Waals surface area contributed by atoms with Crippen molar-refractivity contribution in [3.8, 4) is 10.6 Å². The topological polar surface area (TPSA) is 38.9 Å². The third-order valence-electron chi connectivity index (χ3n) is 2.90.